The van der Waals surface area contributed by atoms with Crippen LogP contribution < -0.4 is 16.1 Å². The lowest BCUT2D eigenvalue weighted by atomic mass is 9.83. The molecule has 3 fully saturated rings. The van der Waals surface area contributed by atoms with Crippen LogP contribution >= 0.6 is 0 Å². The second-order valence-corrected chi connectivity index (χ2v) is 20.1. The van der Waals surface area contributed by atoms with Crippen molar-refractivity contribution in [1.82, 2.24) is 40.4 Å². The predicted octanol–water partition coefficient (Wildman–Crippen LogP) is 5.31. The van der Waals surface area contributed by atoms with E-state index in [0.717, 1.165) is 44.5 Å². The van der Waals surface area contributed by atoms with Gasteiger partial charge in [0.25, 0.3) is 5.91 Å². The maximum Gasteiger partial charge on any atom is 0.324 e. The highest BCUT2D eigenvalue weighted by Gasteiger charge is 2.44. The fourth-order valence-electron chi connectivity index (χ4n) is 10.4. The number of rotatable bonds is 9. The van der Waals surface area contributed by atoms with Gasteiger partial charge in [0.15, 0.2) is 0 Å². The molecule has 4 N–H and O–H groups in total. The third kappa shape index (κ3) is 9.42. The van der Waals surface area contributed by atoms with Gasteiger partial charge < -0.3 is 34.8 Å². The van der Waals surface area contributed by atoms with Gasteiger partial charge in [0.05, 0.1) is 24.0 Å². The van der Waals surface area contributed by atoms with E-state index < -0.39 is 47.4 Å². The van der Waals surface area contributed by atoms with Gasteiger partial charge in [0.2, 0.25) is 17.7 Å². The quantitative estimate of drug-likeness (QED) is 0.127. The summed E-state index contributed by atoms with van der Waals surface area (Å²) in [4.78, 5) is 78.4. The first-order valence-corrected chi connectivity index (χ1v) is 23.7. The van der Waals surface area contributed by atoms with Gasteiger partial charge in [-0.2, -0.15) is 0 Å². The van der Waals surface area contributed by atoms with Crippen LogP contribution in [0, 0.1) is 11.3 Å². The number of phenols is 1. The minimum Gasteiger partial charge on any atom is -0.508 e. The molecule has 6 bridgehead atoms. The number of phenolic OH excluding ortho intramolecular Hbond substituents is 1. The Bertz CT molecular complexity index is 2530. The Hall–Kier alpha value is -5.80. The molecule has 0 unspecified atom stereocenters. The van der Waals surface area contributed by atoms with Crippen LogP contribution in [0.5, 0.6) is 5.75 Å². The van der Waals surface area contributed by atoms with Crippen molar-refractivity contribution < 1.29 is 33.8 Å². The normalized spacial score (nSPS) is 22.6. The lowest BCUT2D eigenvalue weighted by Gasteiger charge is -2.37. The molecule has 4 aromatic rings. The van der Waals surface area contributed by atoms with Crippen molar-refractivity contribution in [2.24, 2.45) is 11.3 Å². The number of carbonyl (C=O) groups is 5. The third-order valence-electron chi connectivity index (χ3n) is 13.7. The van der Waals surface area contributed by atoms with Gasteiger partial charge in [-0.3, -0.25) is 34.0 Å². The van der Waals surface area contributed by atoms with E-state index in [1.165, 1.54) is 9.91 Å². The number of aryl methyl sites for hydroxylation is 1. The average molecular weight is 903 g/mol. The highest BCUT2D eigenvalue weighted by Crippen LogP contribution is 2.42. The molecular weight excluding hydrogens is 837 g/mol. The molecule has 3 saturated heterocycles. The number of hydrazine groups is 1. The molecule has 0 radical (unpaired) electrons. The molecule has 66 heavy (non-hydrogen) atoms. The molecule has 0 saturated carbocycles. The molecule has 15 heteroatoms. The lowest BCUT2D eigenvalue weighted by Crippen LogP contribution is -2.62. The summed E-state index contributed by atoms with van der Waals surface area (Å²) in [5.41, 5.74) is 10.1. The predicted molar refractivity (Wildman–Crippen MR) is 252 cm³/mol. The standard InChI is InChI=1S/C51H66N8O7/c1-9-57-41-17-16-32-25-36(41)37(45(57)35-13-10-18-52-43(35)29(2)3)26-51(6,7)28-66-50(65)38-14-11-20-59(55-38)48(63)39(23-31-21-33(32)24-34(60)22-31)54-46(61)44(30(4)5)56(8)49(64)42-15-12-19-58(42)47(62)40-27-53-40/h10,13,16-18,21-22,24-25,29-30,38-40,42,44,53,55,60H,9,11-12,14-15,19-20,23,26-28H2,1-8H3,(H,54,61)/t38-,39-,40+,42+,44-/m0/s1. The summed E-state index contributed by atoms with van der Waals surface area (Å²) in [6, 6.07) is 11.8. The molecular formula is C51H66N8O7. The molecule has 4 aliphatic rings. The van der Waals surface area contributed by atoms with E-state index in [9.17, 15) is 29.1 Å². The average Bonchev–Trinajstić information content (AvgIpc) is 3.95. The monoisotopic (exact) mass is 903 g/mol. The number of likely N-dealkylation sites (tertiary alicyclic amines) is 1. The Labute approximate surface area is 387 Å². The largest absolute Gasteiger partial charge is 0.508 e. The Balaban J connectivity index is 1.19. The van der Waals surface area contributed by atoms with Crippen molar-refractivity contribution in [1.29, 1.82) is 0 Å². The summed E-state index contributed by atoms with van der Waals surface area (Å²) in [7, 11) is 1.58. The fraction of sp³-hybridized carbons (Fsp3) is 0.529. The Kier molecular flexibility index (Phi) is 13.3. The molecule has 0 aliphatic carbocycles. The van der Waals surface area contributed by atoms with E-state index in [-0.39, 0.29) is 55.0 Å². The van der Waals surface area contributed by atoms with Gasteiger partial charge in [-0.1, -0.05) is 53.7 Å². The number of fused-ring (bicyclic) bond motifs is 6. The van der Waals surface area contributed by atoms with Crippen LogP contribution in [0.1, 0.15) is 96.9 Å². The summed E-state index contributed by atoms with van der Waals surface area (Å²) in [6.07, 6.45) is 4.57. The number of pyridine rings is 1. The van der Waals surface area contributed by atoms with Crippen molar-refractivity contribution >= 4 is 40.5 Å². The first-order valence-electron chi connectivity index (χ1n) is 23.7. The molecule has 352 valence electrons. The zero-order chi connectivity index (χ0) is 47.2. The van der Waals surface area contributed by atoms with E-state index in [0.29, 0.717) is 57.3 Å². The highest BCUT2D eigenvalue weighted by atomic mass is 16.5. The maximum absolute atomic E-state index is 14.8. The molecule has 0 spiro atoms. The van der Waals surface area contributed by atoms with E-state index in [1.807, 2.05) is 38.2 Å². The highest BCUT2D eigenvalue weighted by molar-refractivity contribution is 5.97. The van der Waals surface area contributed by atoms with E-state index in [4.69, 9.17) is 9.72 Å². The topological polar surface area (TPSA) is 188 Å². The number of ether oxygens (including phenoxy) is 1. The number of nitrogens with one attached hydrogen (secondary N) is 3. The Morgan fingerprint density at radius 1 is 1.02 bits per heavy atom. The summed E-state index contributed by atoms with van der Waals surface area (Å²) in [5.74, 6) is -2.08. The smallest absolute Gasteiger partial charge is 0.324 e. The van der Waals surface area contributed by atoms with E-state index >= 15 is 0 Å². The second-order valence-electron chi connectivity index (χ2n) is 20.1. The van der Waals surface area contributed by atoms with Crippen molar-refractivity contribution in [2.45, 2.75) is 130 Å². The zero-order valence-corrected chi connectivity index (χ0v) is 39.6. The number of cyclic esters (lactones) is 1. The minimum atomic E-state index is -1.16. The molecule has 15 nitrogen and oxygen atoms in total. The molecule has 2 aromatic carbocycles. The maximum atomic E-state index is 14.8. The number of amides is 4. The molecule has 5 atom stereocenters. The van der Waals surface area contributed by atoms with Crippen LogP contribution in [-0.2, 0) is 48.1 Å². The van der Waals surface area contributed by atoms with Crippen LogP contribution in [0.3, 0.4) is 0 Å². The van der Waals surface area contributed by atoms with Crippen molar-refractivity contribution in [3.05, 3.63) is 71.5 Å². The molecule has 2 aromatic heterocycles. The van der Waals surface area contributed by atoms with E-state index in [2.05, 4.69) is 73.4 Å². The number of aromatic nitrogens is 2. The third-order valence-corrected chi connectivity index (χ3v) is 13.7. The number of benzene rings is 2. The summed E-state index contributed by atoms with van der Waals surface area (Å²) < 4.78 is 8.45. The first kappa shape index (κ1) is 46.7. The molecule has 8 rings (SSSR count). The number of hydrogen-bond donors (Lipinski definition) is 4. The summed E-state index contributed by atoms with van der Waals surface area (Å²) in [5, 5.41) is 19.8. The molecule has 4 amide bonds. The SMILES string of the molecule is CCn1c(-c2cccnc2C(C)C)c2c3cc(ccc31)-c1cc(O)cc(c1)C[C@H](NC(=O)[C@H](C(C)C)N(C)C(=O)[C@H]1CCCN1C(=O)[C@H]1CN1)C(=O)N1CCC[C@H](N1)C(=O)OCC(C)(C)C2. The van der Waals surface area contributed by atoms with Gasteiger partial charge >= 0.3 is 5.97 Å². The van der Waals surface area contributed by atoms with Gasteiger partial charge in [-0.05, 0) is 110 Å². The van der Waals surface area contributed by atoms with Gasteiger partial charge in [-0.25, -0.2) is 5.43 Å². The Morgan fingerprint density at radius 2 is 1.77 bits per heavy atom. The number of carbonyl (C=O) groups excluding carboxylic acids is 5. The van der Waals surface area contributed by atoms with Gasteiger partial charge in [0.1, 0.15) is 29.9 Å². The van der Waals surface area contributed by atoms with Crippen LogP contribution in [0.25, 0.3) is 33.3 Å². The van der Waals surface area contributed by atoms with Gasteiger partial charge in [-0.15, -0.1) is 0 Å². The van der Waals surface area contributed by atoms with Crippen LogP contribution in [-0.4, -0.2) is 123 Å². The minimum absolute atomic E-state index is 0.000919. The molecule has 4 aliphatic heterocycles. The summed E-state index contributed by atoms with van der Waals surface area (Å²) >= 11 is 0. The van der Waals surface area contributed by atoms with Crippen LogP contribution in [0.4, 0.5) is 0 Å². The van der Waals surface area contributed by atoms with Crippen molar-refractivity contribution in [3.63, 3.8) is 0 Å². The Morgan fingerprint density at radius 3 is 2.48 bits per heavy atom. The van der Waals surface area contributed by atoms with Gasteiger partial charge in [0, 0.05) is 67.7 Å². The number of hydrogen-bond acceptors (Lipinski definition) is 10. The number of aromatic hydroxyl groups is 1. The van der Waals surface area contributed by atoms with Crippen molar-refractivity contribution in [2.75, 3.05) is 33.3 Å². The lowest BCUT2D eigenvalue weighted by molar-refractivity contribution is -0.155. The van der Waals surface area contributed by atoms with E-state index in [1.54, 1.807) is 24.1 Å². The number of nitrogens with zero attached hydrogens (tertiary/aromatic N) is 5. The van der Waals surface area contributed by atoms with Crippen molar-refractivity contribution in [3.8, 4) is 28.1 Å². The number of likely N-dealkylation sites (N-methyl/N-ethyl adjacent to an activating group) is 1. The molecule has 6 heterocycles. The number of esters is 1. The van der Waals surface area contributed by atoms with Crippen LogP contribution in [0.15, 0.2) is 54.7 Å². The summed E-state index contributed by atoms with van der Waals surface area (Å²) in [6.45, 7) is 16.5. The second kappa shape index (κ2) is 18.8. The first-order chi connectivity index (χ1) is 31.5. The fourth-order valence-corrected chi connectivity index (χ4v) is 10.4. The zero-order valence-electron chi connectivity index (χ0n) is 39.6. The van der Waals surface area contributed by atoms with Crippen LogP contribution in [0.2, 0.25) is 0 Å².